The molecule has 0 aliphatic carbocycles. The molecule has 0 radical (unpaired) electrons. The van der Waals surface area contributed by atoms with Crippen molar-refractivity contribution < 1.29 is 14.2 Å². The van der Waals surface area contributed by atoms with E-state index in [9.17, 15) is 4.39 Å². The number of hydrogen-bond acceptors (Lipinski definition) is 7. The third-order valence-electron chi connectivity index (χ3n) is 1.87. The van der Waals surface area contributed by atoms with Gasteiger partial charge >= 0.3 is 0 Å². The highest BCUT2D eigenvalue weighted by Gasteiger charge is 2.05. The maximum absolute atomic E-state index is 13.2. The van der Waals surface area contributed by atoms with Crippen LogP contribution in [0, 0.1) is 5.82 Å². The summed E-state index contributed by atoms with van der Waals surface area (Å²) in [6.45, 7) is 1.30. The second kappa shape index (κ2) is 7.71. The van der Waals surface area contributed by atoms with Crippen molar-refractivity contribution in [1.29, 1.82) is 0 Å². The molecule has 0 aliphatic rings. The topological polar surface area (TPSA) is 105 Å². The molecule has 0 amide bonds. The van der Waals surface area contributed by atoms with Crippen molar-refractivity contribution in [1.82, 2.24) is 9.97 Å². The molecule has 0 saturated carbocycles. The van der Waals surface area contributed by atoms with Crippen LogP contribution in [0.4, 0.5) is 16.2 Å². The van der Waals surface area contributed by atoms with Gasteiger partial charge in [-0.25, -0.2) is 15.2 Å². The third kappa shape index (κ3) is 4.89. The molecule has 0 spiro atoms. The molecule has 7 nitrogen and oxygen atoms in total. The summed E-state index contributed by atoms with van der Waals surface area (Å²) in [6, 6.07) is 0. The predicted octanol–water partition coefficient (Wildman–Crippen LogP) is -0.288. The molecule has 8 heteroatoms. The van der Waals surface area contributed by atoms with E-state index >= 15 is 0 Å². The number of aromatic nitrogens is 2. The first-order chi connectivity index (χ1) is 8.27. The SMILES string of the molecule is NNc1ncc(F)c(NCCCOCCO)n1. The fourth-order valence-corrected chi connectivity index (χ4v) is 1.11. The Kier molecular flexibility index (Phi) is 6.15. The Hall–Kier alpha value is -1.51. The van der Waals surface area contributed by atoms with E-state index in [1.54, 1.807) is 0 Å². The van der Waals surface area contributed by atoms with Crippen LogP contribution in [0.3, 0.4) is 0 Å². The van der Waals surface area contributed by atoms with Crippen LogP contribution in [-0.4, -0.2) is 41.4 Å². The molecule has 0 aromatic carbocycles. The summed E-state index contributed by atoms with van der Waals surface area (Å²) in [5, 5.41) is 11.3. The van der Waals surface area contributed by atoms with Gasteiger partial charge in [-0.2, -0.15) is 4.98 Å². The Morgan fingerprint density at radius 1 is 1.47 bits per heavy atom. The molecule has 1 aromatic heterocycles. The normalized spacial score (nSPS) is 10.3. The minimum Gasteiger partial charge on any atom is -0.394 e. The summed E-state index contributed by atoms with van der Waals surface area (Å²) in [5.74, 6) is 4.80. The molecule has 0 bridgehead atoms. The molecule has 0 fully saturated rings. The van der Waals surface area contributed by atoms with E-state index in [2.05, 4.69) is 20.7 Å². The van der Waals surface area contributed by atoms with E-state index in [0.29, 0.717) is 26.2 Å². The summed E-state index contributed by atoms with van der Waals surface area (Å²) in [4.78, 5) is 7.42. The van der Waals surface area contributed by atoms with Gasteiger partial charge in [-0.15, -0.1) is 0 Å². The molecule has 1 rings (SSSR count). The van der Waals surface area contributed by atoms with Crippen molar-refractivity contribution >= 4 is 11.8 Å². The summed E-state index contributed by atoms with van der Waals surface area (Å²) in [6.07, 6.45) is 1.71. The Morgan fingerprint density at radius 2 is 2.29 bits per heavy atom. The molecular weight excluding hydrogens is 229 g/mol. The Balaban J connectivity index is 2.30. The highest BCUT2D eigenvalue weighted by atomic mass is 19.1. The van der Waals surface area contributed by atoms with Crippen LogP contribution in [0.1, 0.15) is 6.42 Å². The Labute approximate surface area is 98.2 Å². The number of nitrogens with two attached hydrogens (primary N) is 1. The number of ether oxygens (including phenoxy) is 1. The van der Waals surface area contributed by atoms with Gasteiger partial charge in [0.2, 0.25) is 5.95 Å². The Bertz CT molecular complexity index is 339. The van der Waals surface area contributed by atoms with Crippen molar-refractivity contribution in [3.8, 4) is 0 Å². The molecular formula is C9H16FN5O2. The van der Waals surface area contributed by atoms with E-state index in [1.807, 2.05) is 0 Å². The van der Waals surface area contributed by atoms with Gasteiger partial charge in [0, 0.05) is 13.2 Å². The van der Waals surface area contributed by atoms with Crippen LogP contribution in [0.25, 0.3) is 0 Å². The largest absolute Gasteiger partial charge is 0.394 e. The lowest BCUT2D eigenvalue weighted by atomic mass is 10.4. The van der Waals surface area contributed by atoms with E-state index < -0.39 is 5.82 Å². The minimum absolute atomic E-state index is 0.000500. The summed E-state index contributed by atoms with van der Waals surface area (Å²) < 4.78 is 18.3. The predicted molar refractivity (Wildman–Crippen MR) is 60.8 cm³/mol. The smallest absolute Gasteiger partial charge is 0.239 e. The van der Waals surface area contributed by atoms with E-state index in [0.717, 1.165) is 6.20 Å². The van der Waals surface area contributed by atoms with Crippen molar-refractivity contribution in [2.45, 2.75) is 6.42 Å². The first kappa shape index (κ1) is 13.6. The zero-order chi connectivity index (χ0) is 12.5. The van der Waals surface area contributed by atoms with Crippen LogP contribution in [0.2, 0.25) is 0 Å². The Morgan fingerprint density at radius 3 is 3.00 bits per heavy atom. The maximum Gasteiger partial charge on any atom is 0.239 e. The van der Waals surface area contributed by atoms with Gasteiger partial charge in [0.25, 0.3) is 0 Å². The number of nitrogens with zero attached hydrogens (tertiary/aromatic N) is 2. The number of hydrazine groups is 1. The fraction of sp³-hybridized carbons (Fsp3) is 0.556. The summed E-state index contributed by atoms with van der Waals surface area (Å²) in [7, 11) is 0. The van der Waals surface area contributed by atoms with Crippen molar-refractivity contribution in [3.05, 3.63) is 12.0 Å². The zero-order valence-corrected chi connectivity index (χ0v) is 9.32. The number of halogens is 1. The number of anilines is 2. The molecule has 0 aliphatic heterocycles. The van der Waals surface area contributed by atoms with E-state index in [4.69, 9.17) is 15.7 Å². The number of hydrogen-bond donors (Lipinski definition) is 4. The van der Waals surface area contributed by atoms with Gasteiger partial charge in [-0.3, -0.25) is 5.43 Å². The highest BCUT2D eigenvalue weighted by Crippen LogP contribution is 2.10. The van der Waals surface area contributed by atoms with Crippen LogP contribution in [-0.2, 0) is 4.74 Å². The van der Waals surface area contributed by atoms with Gasteiger partial charge in [0.15, 0.2) is 11.6 Å². The standard InChI is InChI=1S/C9H16FN5O2/c10-7-6-13-9(15-11)14-8(7)12-2-1-4-17-5-3-16/h6,16H,1-5,11H2,(H2,12,13,14,15). The first-order valence-electron chi connectivity index (χ1n) is 5.19. The van der Waals surface area contributed by atoms with Crippen LogP contribution in [0.5, 0.6) is 0 Å². The average Bonchev–Trinajstić information content (AvgIpc) is 2.35. The molecule has 0 atom stereocenters. The van der Waals surface area contributed by atoms with Gasteiger partial charge in [-0.1, -0.05) is 0 Å². The summed E-state index contributed by atoms with van der Waals surface area (Å²) >= 11 is 0. The lowest BCUT2D eigenvalue weighted by Crippen LogP contribution is -2.14. The number of nitrogen functional groups attached to an aromatic ring is 1. The molecule has 1 heterocycles. The minimum atomic E-state index is -0.541. The summed E-state index contributed by atoms with van der Waals surface area (Å²) in [5.41, 5.74) is 2.23. The first-order valence-corrected chi connectivity index (χ1v) is 5.19. The molecule has 0 saturated heterocycles. The molecule has 17 heavy (non-hydrogen) atoms. The van der Waals surface area contributed by atoms with Gasteiger partial charge in [0.1, 0.15) is 0 Å². The monoisotopic (exact) mass is 245 g/mol. The van der Waals surface area contributed by atoms with Gasteiger partial charge in [-0.05, 0) is 6.42 Å². The zero-order valence-electron chi connectivity index (χ0n) is 9.32. The van der Waals surface area contributed by atoms with Crippen LogP contribution < -0.4 is 16.6 Å². The third-order valence-corrected chi connectivity index (χ3v) is 1.87. The number of rotatable bonds is 8. The van der Waals surface area contributed by atoms with Gasteiger partial charge < -0.3 is 15.2 Å². The lowest BCUT2D eigenvalue weighted by Gasteiger charge is -2.07. The molecule has 5 N–H and O–H groups in total. The van der Waals surface area contributed by atoms with Crippen LogP contribution >= 0.6 is 0 Å². The van der Waals surface area contributed by atoms with Crippen molar-refractivity contribution in [3.63, 3.8) is 0 Å². The molecule has 1 aromatic rings. The maximum atomic E-state index is 13.2. The number of nitrogens with one attached hydrogen (secondary N) is 2. The fourth-order valence-electron chi connectivity index (χ4n) is 1.11. The lowest BCUT2D eigenvalue weighted by molar-refractivity contribution is 0.0921. The van der Waals surface area contributed by atoms with E-state index in [-0.39, 0.29) is 18.4 Å². The van der Waals surface area contributed by atoms with Crippen molar-refractivity contribution in [2.75, 3.05) is 37.1 Å². The molecule has 0 unspecified atom stereocenters. The molecule has 96 valence electrons. The average molecular weight is 245 g/mol. The second-order valence-electron chi connectivity index (χ2n) is 3.15. The quantitative estimate of drug-likeness (QED) is 0.283. The van der Waals surface area contributed by atoms with E-state index in [1.165, 1.54) is 0 Å². The van der Waals surface area contributed by atoms with Crippen molar-refractivity contribution in [2.24, 2.45) is 5.84 Å². The highest BCUT2D eigenvalue weighted by molar-refractivity contribution is 5.40. The van der Waals surface area contributed by atoms with Crippen LogP contribution in [0.15, 0.2) is 6.20 Å². The number of aliphatic hydroxyl groups is 1. The second-order valence-corrected chi connectivity index (χ2v) is 3.15. The van der Waals surface area contributed by atoms with Gasteiger partial charge in [0.05, 0.1) is 19.4 Å². The number of aliphatic hydroxyl groups excluding tert-OH is 1.